The van der Waals surface area contributed by atoms with Gasteiger partial charge < -0.3 is 16.2 Å². The van der Waals surface area contributed by atoms with Crippen LogP contribution in [0.25, 0.3) is 0 Å². The van der Waals surface area contributed by atoms with Gasteiger partial charge in [-0.15, -0.1) is 23.1 Å². The van der Waals surface area contributed by atoms with E-state index in [9.17, 15) is 18.4 Å². The second kappa shape index (κ2) is 7.57. The summed E-state index contributed by atoms with van der Waals surface area (Å²) < 4.78 is 38.9. The molecule has 0 saturated heterocycles. The maximum Gasteiger partial charge on any atom is 0.430 e. The highest BCUT2D eigenvalue weighted by Gasteiger charge is 2.42. The Morgan fingerprint density at radius 1 is 1.54 bits per heavy atom. The standard InChI is InChI=1S/C14H15F3N4OS2/c15-14(16,17)12-2-1-3-13(7-18,21-12)24-10(4-9(19)6-22)11-5-20-8-23-11/h1-3,5,8-10,21-22H,4,6,19H2/t9-,10+,13?/m0/s1. The van der Waals surface area contributed by atoms with E-state index in [4.69, 9.17) is 10.8 Å². The number of aliphatic hydroxyl groups excluding tert-OH is 1. The Kier molecular flexibility index (Phi) is 5.92. The molecule has 3 atom stereocenters. The van der Waals surface area contributed by atoms with E-state index in [1.54, 1.807) is 11.7 Å². The highest BCUT2D eigenvalue weighted by atomic mass is 32.2. The molecule has 5 nitrogen and oxygen atoms in total. The van der Waals surface area contributed by atoms with Crippen molar-refractivity contribution in [1.29, 1.82) is 5.26 Å². The molecule has 0 amide bonds. The number of halogens is 3. The summed E-state index contributed by atoms with van der Waals surface area (Å²) in [5, 5.41) is 20.5. The van der Waals surface area contributed by atoms with Crippen molar-refractivity contribution in [1.82, 2.24) is 10.3 Å². The molecule has 0 aromatic carbocycles. The molecule has 1 unspecified atom stereocenters. The van der Waals surface area contributed by atoms with Crippen LogP contribution >= 0.6 is 23.1 Å². The van der Waals surface area contributed by atoms with Crippen molar-refractivity contribution in [3.63, 3.8) is 0 Å². The van der Waals surface area contributed by atoms with E-state index >= 15 is 0 Å². The molecule has 0 bridgehead atoms. The molecule has 1 aliphatic rings. The molecule has 1 aromatic rings. The summed E-state index contributed by atoms with van der Waals surface area (Å²) in [6, 6.07) is 1.36. The predicted molar refractivity (Wildman–Crippen MR) is 86.9 cm³/mol. The average Bonchev–Trinajstić information content (AvgIpc) is 3.08. The van der Waals surface area contributed by atoms with Crippen molar-refractivity contribution in [3.05, 3.63) is 40.5 Å². The lowest BCUT2D eigenvalue weighted by atomic mass is 10.1. The van der Waals surface area contributed by atoms with Crippen molar-refractivity contribution in [3.8, 4) is 6.07 Å². The van der Waals surface area contributed by atoms with Gasteiger partial charge in [-0.3, -0.25) is 4.98 Å². The Labute approximate surface area is 145 Å². The van der Waals surface area contributed by atoms with Crippen LogP contribution in [0.5, 0.6) is 0 Å². The third-order valence-corrected chi connectivity index (χ3v) is 5.70. The Bertz CT molecular complexity index is 654. The van der Waals surface area contributed by atoms with Crippen molar-refractivity contribution in [2.75, 3.05) is 6.61 Å². The highest BCUT2D eigenvalue weighted by Crippen LogP contribution is 2.44. The first-order valence-corrected chi connectivity index (χ1v) is 8.64. The minimum atomic E-state index is -4.57. The fourth-order valence-electron chi connectivity index (χ4n) is 2.07. The second-order valence-corrected chi connectivity index (χ2v) is 7.46. The number of nitrogens with zero attached hydrogens (tertiary/aromatic N) is 2. The highest BCUT2D eigenvalue weighted by molar-refractivity contribution is 8.01. The lowest BCUT2D eigenvalue weighted by Gasteiger charge is -2.33. The van der Waals surface area contributed by atoms with Gasteiger partial charge >= 0.3 is 6.18 Å². The summed E-state index contributed by atoms with van der Waals surface area (Å²) in [6.45, 7) is -0.258. The maximum absolute atomic E-state index is 13.0. The molecule has 1 aliphatic heterocycles. The molecular formula is C14H15F3N4OS2. The Morgan fingerprint density at radius 3 is 2.83 bits per heavy atom. The van der Waals surface area contributed by atoms with Crippen molar-refractivity contribution in [2.24, 2.45) is 5.73 Å². The average molecular weight is 376 g/mol. The number of allylic oxidation sites excluding steroid dienone is 3. The molecule has 2 heterocycles. The van der Waals surface area contributed by atoms with Crippen LogP contribution in [0.3, 0.4) is 0 Å². The van der Waals surface area contributed by atoms with Crippen molar-refractivity contribution < 1.29 is 18.3 Å². The Hall–Kier alpha value is -1.54. The van der Waals surface area contributed by atoms with Crippen molar-refractivity contribution in [2.45, 2.75) is 28.8 Å². The summed E-state index contributed by atoms with van der Waals surface area (Å²) in [7, 11) is 0. The predicted octanol–water partition coefficient (Wildman–Crippen LogP) is 2.45. The lowest BCUT2D eigenvalue weighted by Crippen LogP contribution is -2.44. The number of aromatic nitrogens is 1. The van der Waals surface area contributed by atoms with Crippen LogP contribution < -0.4 is 11.1 Å². The maximum atomic E-state index is 13.0. The molecule has 0 aliphatic carbocycles. The number of thiazole rings is 1. The summed E-state index contributed by atoms with van der Waals surface area (Å²) in [6.07, 6.45) is 0.792. The van der Waals surface area contributed by atoms with E-state index in [1.165, 1.54) is 23.5 Å². The van der Waals surface area contributed by atoms with E-state index in [2.05, 4.69) is 10.3 Å². The molecule has 4 N–H and O–H groups in total. The molecule has 2 rings (SSSR count). The zero-order chi connectivity index (χ0) is 17.8. The number of hydrogen-bond donors (Lipinski definition) is 3. The van der Waals surface area contributed by atoms with E-state index < -0.39 is 22.8 Å². The first-order valence-electron chi connectivity index (χ1n) is 6.88. The number of nitrogens with two attached hydrogens (primary N) is 1. The van der Waals surface area contributed by atoms with Crippen LogP contribution in [0.15, 0.2) is 35.6 Å². The normalized spacial score (nSPS) is 23.1. The summed E-state index contributed by atoms with van der Waals surface area (Å²) >= 11 is 2.33. The van der Waals surface area contributed by atoms with Crippen LogP contribution in [0.1, 0.15) is 16.5 Å². The van der Waals surface area contributed by atoms with Gasteiger partial charge in [0.25, 0.3) is 0 Å². The van der Waals surface area contributed by atoms with Gasteiger partial charge in [0, 0.05) is 22.4 Å². The van der Waals surface area contributed by atoms with Gasteiger partial charge in [0.1, 0.15) is 11.8 Å². The number of aliphatic hydroxyl groups is 1. The molecule has 0 saturated carbocycles. The summed E-state index contributed by atoms with van der Waals surface area (Å²) in [5.41, 5.74) is 6.39. The van der Waals surface area contributed by atoms with Crippen LogP contribution in [0.4, 0.5) is 13.2 Å². The van der Waals surface area contributed by atoms with Gasteiger partial charge in [-0.1, -0.05) is 6.08 Å². The molecule has 0 fully saturated rings. The van der Waals surface area contributed by atoms with Crippen LogP contribution in [-0.4, -0.2) is 33.8 Å². The molecule has 0 spiro atoms. The van der Waals surface area contributed by atoms with Gasteiger partial charge in [0.05, 0.1) is 12.1 Å². The molecule has 0 radical (unpaired) electrons. The zero-order valence-electron chi connectivity index (χ0n) is 12.3. The topological polar surface area (TPSA) is 95.0 Å². The summed E-state index contributed by atoms with van der Waals surface area (Å²) in [4.78, 5) is 3.16. The van der Waals surface area contributed by atoms with Gasteiger partial charge in [0.15, 0.2) is 4.87 Å². The van der Waals surface area contributed by atoms with Crippen molar-refractivity contribution >= 4 is 23.1 Å². The Balaban J connectivity index is 2.25. The Morgan fingerprint density at radius 2 is 2.29 bits per heavy atom. The van der Waals surface area contributed by atoms with Gasteiger partial charge in [-0.2, -0.15) is 18.4 Å². The zero-order valence-corrected chi connectivity index (χ0v) is 14.0. The fraction of sp³-hybridized carbons (Fsp3) is 0.429. The third-order valence-electron chi connectivity index (χ3n) is 3.23. The molecule has 130 valence electrons. The van der Waals surface area contributed by atoms with Gasteiger partial charge in [0.2, 0.25) is 0 Å². The third kappa shape index (κ3) is 4.51. The number of alkyl halides is 3. The second-order valence-electron chi connectivity index (χ2n) is 5.10. The number of hydrogen-bond acceptors (Lipinski definition) is 7. The number of rotatable bonds is 6. The van der Waals surface area contributed by atoms with Crippen LogP contribution in [-0.2, 0) is 0 Å². The number of thioether (sulfide) groups is 1. The molecule has 24 heavy (non-hydrogen) atoms. The van der Waals surface area contributed by atoms with Crippen LogP contribution in [0.2, 0.25) is 0 Å². The SMILES string of the molecule is N#CC1(S[C@H](C[C@H](N)CO)c2cncs2)C=CC=C(C(F)(F)F)N1. The minimum Gasteiger partial charge on any atom is -0.395 e. The van der Waals surface area contributed by atoms with E-state index in [1.807, 2.05) is 6.07 Å². The monoisotopic (exact) mass is 376 g/mol. The number of nitrogens with one attached hydrogen (secondary N) is 1. The first kappa shape index (κ1) is 18.8. The van der Waals surface area contributed by atoms with Gasteiger partial charge in [-0.25, -0.2) is 0 Å². The van der Waals surface area contributed by atoms with E-state index in [0.717, 1.165) is 22.7 Å². The minimum absolute atomic E-state index is 0.258. The van der Waals surface area contributed by atoms with Crippen LogP contribution in [0, 0.1) is 11.3 Å². The van der Waals surface area contributed by atoms with E-state index in [0.29, 0.717) is 6.42 Å². The molecular weight excluding hydrogens is 361 g/mol. The summed E-state index contributed by atoms with van der Waals surface area (Å²) in [5.74, 6) is 0. The largest absolute Gasteiger partial charge is 0.430 e. The number of nitriles is 1. The number of dihydropyridines is 1. The molecule has 1 aromatic heterocycles. The first-order chi connectivity index (χ1) is 11.3. The molecule has 10 heteroatoms. The van der Waals surface area contributed by atoms with E-state index in [-0.39, 0.29) is 11.9 Å². The van der Waals surface area contributed by atoms with Gasteiger partial charge in [-0.05, 0) is 18.6 Å². The fourth-order valence-corrected chi connectivity index (χ4v) is 4.34. The quantitative estimate of drug-likeness (QED) is 0.706. The lowest BCUT2D eigenvalue weighted by molar-refractivity contribution is -0.0974. The smallest absolute Gasteiger partial charge is 0.395 e.